The number of thiol groups is 2. The first kappa shape index (κ1) is 43.2. The van der Waals surface area contributed by atoms with Crippen LogP contribution in [0.25, 0.3) is 32.7 Å². The molecule has 0 saturated heterocycles. The molecule has 10 rings (SSSR count). The molecule has 4 heteroatoms. The van der Waals surface area contributed by atoms with Crippen LogP contribution in [0.3, 0.4) is 0 Å². The van der Waals surface area contributed by atoms with Gasteiger partial charge in [-0.2, -0.15) is 25.3 Å². The molecule has 1 heterocycles. The predicted molar refractivity (Wildman–Crippen MR) is 274 cm³/mol. The van der Waals surface area contributed by atoms with Crippen LogP contribution >= 0.6 is 25.3 Å². The number of benzene rings is 6. The summed E-state index contributed by atoms with van der Waals surface area (Å²) in [4.78, 5) is 0. The number of hydrogen-bond acceptors (Lipinski definition) is 4. The Morgan fingerprint density at radius 3 is 1.25 bits per heavy atom. The largest absolute Gasteiger partial charge is 0.492 e. The molecule has 0 atom stereocenters. The second-order valence-corrected chi connectivity index (χ2v) is 20.4. The van der Waals surface area contributed by atoms with Gasteiger partial charge in [0.05, 0.1) is 13.2 Å². The first-order valence-corrected chi connectivity index (χ1v) is 25.6. The summed E-state index contributed by atoms with van der Waals surface area (Å²) in [6, 6.07) is 40.1. The molecule has 0 unspecified atom stereocenters. The van der Waals surface area contributed by atoms with E-state index in [1.165, 1.54) is 88.2 Å². The van der Waals surface area contributed by atoms with E-state index >= 15 is 0 Å². The summed E-state index contributed by atoms with van der Waals surface area (Å²) in [6.07, 6.45) is 15.2. The highest BCUT2D eigenvalue weighted by Gasteiger charge is 2.30. The van der Waals surface area contributed by atoms with Gasteiger partial charge in [-0.15, -0.1) is 0 Å². The first-order valence-electron chi connectivity index (χ1n) is 24.3. The maximum Gasteiger partial charge on any atom is 0.127 e. The minimum absolute atomic E-state index is 0.316. The summed E-state index contributed by atoms with van der Waals surface area (Å²) in [5.41, 5.74) is 9.07. The molecule has 0 bridgehead atoms. The van der Waals surface area contributed by atoms with Gasteiger partial charge in [-0.3, -0.25) is 0 Å². The molecule has 0 amide bonds. The predicted octanol–water partition coefficient (Wildman–Crippen LogP) is 15.1. The van der Waals surface area contributed by atoms with Crippen LogP contribution in [-0.4, -0.2) is 24.7 Å². The molecule has 64 heavy (non-hydrogen) atoms. The number of hydrogen-bond donors (Lipinski definition) is 2. The fraction of sp³-hybridized carbons (Fsp3) is 0.400. The van der Waals surface area contributed by atoms with Crippen LogP contribution in [0.1, 0.15) is 129 Å². The van der Waals surface area contributed by atoms with E-state index in [1.807, 2.05) is 0 Å². The van der Waals surface area contributed by atoms with Crippen molar-refractivity contribution >= 4 is 46.8 Å². The molecule has 326 valence electrons. The van der Waals surface area contributed by atoms with Crippen LogP contribution < -0.4 is 9.47 Å². The Morgan fingerprint density at radius 2 is 0.828 bits per heavy atom. The van der Waals surface area contributed by atoms with E-state index in [4.69, 9.17) is 9.47 Å². The van der Waals surface area contributed by atoms with Gasteiger partial charge in [0, 0.05) is 39.3 Å². The third kappa shape index (κ3) is 9.62. The summed E-state index contributed by atoms with van der Waals surface area (Å²) in [7, 11) is 0. The Hall–Kier alpha value is -4.74. The van der Waals surface area contributed by atoms with E-state index in [0.717, 1.165) is 95.7 Å². The molecule has 3 fully saturated rings. The van der Waals surface area contributed by atoms with Crippen molar-refractivity contribution < 1.29 is 9.47 Å². The maximum absolute atomic E-state index is 7.01. The number of ether oxygens (including phenoxy) is 2. The zero-order valence-electron chi connectivity index (χ0n) is 37.5. The molecule has 3 saturated carbocycles. The summed E-state index contributed by atoms with van der Waals surface area (Å²) >= 11 is 9.12. The van der Waals surface area contributed by atoms with E-state index in [-0.39, 0.29) is 0 Å². The van der Waals surface area contributed by atoms with Crippen molar-refractivity contribution in [2.24, 2.45) is 29.6 Å². The molecule has 4 aliphatic rings. The molecule has 0 radical (unpaired) electrons. The van der Waals surface area contributed by atoms with Crippen LogP contribution in [0.2, 0.25) is 0 Å². The number of fused-ring (bicyclic) bond motifs is 7. The lowest BCUT2D eigenvalue weighted by atomic mass is 9.77. The highest BCUT2D eigenvalue weighted by molar-refractivity contribution is 7.80. The molecule has 0 N–H and O–H groups in total. The summed E-state index contributed by atoms with van der Waals surface area (Å²) in [6.45, 7) is 3.68. The van der Waals surface area contributed by atoms with Crippen molar-refractivity contribution in [2.75, 3.05) is 24.7 Å². The fourth-order valence-corrected chi connectivity index (χ4v) is 12.0. The molecular weight excluding hydrogens is 817 g/mol. The van der Waals surface area contributed by atoms with Crippen molar-refractivity contribution in [3.63, 3.8) is 0 Å². The molecule has 6 aromatic carbocycles. The SMILES string of the molecule is CC1CCC(C2COc3ccc4ccc(C#Cc5ccc(C6CCC(CS)CC6)cc5)cc4c3-c3c(ccc4ccc(C#Cc5ccc(C6CCC(CS)CC6)cc5)cc34)OC2)CC1. The van der Waals surface area contributed by atoms with Gasteiger partial charge in [0.2, 0.25) is 0 Å². The quantitative estimate of drug-likeness (QED) is 0.133. The van der Waals surface area contributed by atoms with Crippen LogP contribution in [0.5, 0.6) is 11.5 Å². The summed E-state index contributed by atoms with van der Waals surface area (Å²) < 4.78 is 14.0. The monoisotopic (exact) mass is 878 g/mol. The molecular formula is C60H62O2S2. The molecule has 0 spiro atoms. The van der Waals surface area contributed by atoms with Gasteiger partial charge in [0.15, 0.2) is 0 Å². The van der Waals surface area contributed by atoms with Crippen LogP contribution in [0, 0.1) is 53.3 Å². The minimum Gasteiger partial charge on any atom is -0.492 e. The normalized spacial score (nSPS) is 24.5. The Kier molecular flexibility index (Phi) is 13.3. The first-order chi connectivity index (χ1) is 31.5. The smallest absolute Gasteiger partial charge is 0.127 e. The molecule has 2 nitrogen and oxygen atoms in total. The van der Waals surface area contributed by atoms with E-state index < -0.39 is 0 Å². The van der Waals surface area contributed by atoms with Gasteiger partial charge in [0.1, 0.15) is 11.5 Å². The van der Waals surface area contributed by atoms with Crippen molar-refractivity contribution in [2.45, 2.75) is 95.8 Å². The second-order valence-electron chi connectivity index (χ2n) is 19.7. The number of rotatable bonds is 5. The van der Waals surface area contributed by atoms with Crippen molar-refractivity contribution in [1.82, 2.24) is 0 Å². The lowest BCUT2D eigenvalue weighted by Gasteiger charge is -2.32. The molecule has 1 aliphatic heterocycles. The Labute approximate surface area is 393 Å². The van der Waals surface area contributed by atoms with E-state index in [9.17, 15) is 0 Å². The Morgan fingerprint density at radius 1 is 0.438 bits per heavy atom. The zero-order valence-corrected chi connectivity index (χ0v) is 39.2. The second kappa shape index (κ2) is 19.8. The van der Waals surface area contributed by atoms with Gasteiger partial charge in [0.25, 0.3) is 0 Å². The summed E-state index contributed by atoms with van der Waals surface area (Å²) in [5, 5.41) is 4.54. The van der Waals surface area contributed by atoms with Gasteiger partial charge in [-0.05, 0) is 205 Å². The maximum atomic E-state index is 7.01. The van der Waals surface area contributed by atoms with Crippen LogP contribution in [0.15, 0.2) is 109 Å². The topological polar surface area (TPSA) is 18.5 Å². The van der Waals surface area contributed by atoms with E-state index in [0.29, 0.717) is 36.9 Å². The third-order valence-corrected chi connectivity index (χ3v) is 16.6. The van der Waals surface area contributed by atoms with Crippen LogP contribution in [-0.2, 0) is 0 Å². The van der Waals surface area contributed by atoms with Crippen LogP contribution in [0.4, 0.5) is 0 Å². The van der Waals surface area contributed by atoms with E-state index in [2.05, 4.69) is 165 Å². The molecule has 6 aromatic rings. The highest BCUT2D eigenvalue weighted by atomic mass is 32.1. The Balaban J connectivity index is 1.00. The Bertz CT molecular complexity index is 2530. The third-order valence-electron chi connectivity index (χ3n) is 15.5. The fourth-order valence-electron chi connectivity index (χ4n) is 11.3. The van der Waals surface area contributed by atoms with E-state index in [1.54, 1.807) is 0 Å². The van der Waals surface area contributed by atoms with Crippen molar-refractivity contribution in [3.05, 3.63) is 143 Å². The lowest BCUT2D eigenvalue weighted by molar-refractivity contribution is 0.102. The summed E-state index contributed by atoms with van der Waals surface area (Å²) in [5.74, 6) is 22.5. The molecule has 3 aliphatic carbocycles. The standard InChI is InChI=1S/C60H62O2S2/c1-40-2-18-51(19-3-40)54-36-61-57-32-30-52-28-12-43(6-4-41-8-20-47(21-9-41)49-24-14-45(38-63)15-25-49)34-55(52)59(57)60-56-35-44(13-29-53(56)31-33-58(60)62-37-54)7-5-42-10-22-48(23-11-42)50-26-16-46(39-64)17-27-50/h8-13,20-23,28-35,40,45-46,49-51,54,63-64H,2-3,14-19,24-27,36-39H2,1H3. The average molecular weight is 879 g/mol. The average Bonchev–Trinajstić information content (AvgIpc) is 3.43. The van der Waals surface area contributed by atoms with Gasteiger partial charge < -0.3 is 9.47 Å². The van der Waals surface area contributed by atoms with Crippen molar-refractivity contribution in [1.29, 1.82) is 0 Å². The van der Waals surface area contributed by atoms with Gasteiger partial charge >= 0.3 is 0 Å². The van der Waals surface area contributed by atoms with Gasteiger partial charge in [-0.1, -0.05) is 92.0 Å². The van der Waals surface area contributed by atoms with Crippen molar-refractivity contribution in [3.8, 4) is 46.3 Å². The lowest BCUT2D eigenvalue weighted by Crippen LogP contribution is -2.30. The highest BCUT2D eigenvalue weighted by Crippen LogP contribution is 2.48. The minimum atomic E-state index is 0.316. The molecule has 0 aromatic heterocycles. The zero-order chi connectivity index (χ0) is 43.4. The van der Waals surface area contributed by atoms with Gasteiger partial charge in [-0.25, -0.2) is 0 Å².